The zero-order chi connectivity index (χ0) is 22.6. The quantitative estimate of drug-likeness (QED) is 0.125. The minimum atomic E-state index is -1.57. The van der Waals surface area contributed by atoms with Crippen molar-refractivity contribution in [2.75, 3.05) is 24.4 Å². The molecule has 0 spiro atoms. The van der Waals surface area contributed by atoms with Gasteiger partial charge in [0.1, 0.15) is 18.1 Å². The number of nitrogens with two attached hydrogens (primary N) is 1. The number of carbonyl (C=O) groups is 5. The van der Waals surface area contributed by atoms with Crippen LogP contribution in [0.15, 0.2) is 0 Å². The van der Waals surface area contributed by atoms with Gasteiger partial charge in [-0.05, 0) is 18.4 Å². The molecule has 0 heterocycles. The normalized spacial score (nSPS) is 14.8. The molecule has 0 aliphatic carbocycles. The van der Waals surface area contributed by atoms with E-state index in [1.54, 1.807) is 6.26 Å². The molecule has 3 amide bonds. The van der Waals surface area contributed by atoms with Crippen molar-refractivity contribution >= 4 is 54.1 Å². The molecule has 4 atom stereocenters. The van der Waals surface area contributed by atoms with Gasteiger partial charge in [-0.2, -0.15) is 24.4 Å². The zero-order valence-electron chi connectivity index (χ0n) is 15.7. The molecule has 14 heteroatoms. The number of aliphatic carboxylic acids is 2. The second-order valence-electron chi connectivity index (χ2n) is 5.87. The molecule has 0 aromatic heterocycles. The highest BCUT2D eigenvalue weighted by molar-refractivity contribution is 7.98. The lowest BCUT2D eigenvalue weighted by atomic mass is 10.1. The summed E-state index contributed by atoms with van der Waals surface area (Å²) in [6, 6.07) is -5.36. The monoisotopic (exact) mass is 454 g/mol. The molecule has 0 rings (SSSR count). The second-order valence-corrected chi connectivity index (χ2v) is 7.22. The average Bonchev–Trinajstić information content (AvgIpc) is 2.66. The maximum Gasteiger partial charge on any atom is 0.328 e. The van der Waals surface area contributed by atoms with Crippen LogP contribution in [0.4, 0.5) is 0 Å². The number of hydrogen-bond acceptors (Lipinski definition) is 9. The summed E-state index contributed by atoms with van der Waals surface area (Å²) in [6.07, 6.45) is 1.08. The molecule has 0 radical (unpaired) electrons. The van der Waals surface area contributed by atoms with E-state index < -0.39 is 66.9 Å². The summed E-state index contributed by atoms with van der Waals surface area (Å²) in [4.78, 5) is 58.7. The first-order valence-electron chi connectivity index (χ1n) is 8.39. The molecule has 0 bridgehead atoms. The number of hydrogen-bond donors (Lipinski definition) is 8. The van der Waals surface area contributed by atoms with Crippen molar-refractivity contribution < 1.29 is 39.3 Å². The van der Waals surface area contributed by atoms with E-state index in [0.717, 1.165) is 0 Å². The Morgan fingerprint density at radius 3 is 1.93 bits per heavy atom. The fourth-order valence-electron chi connectivity index (χ4n) is 1.98. The van der Waals surface area contributed by atoms with Crippen molar-refractivity contribution in [3.05, 3.63) is 0 Å². The maximum atomic E-state index is 12.5. The van der Waals surface area contributed by atoms with Crippen molar-refractivity contribution in [2.45, 2.75) is 37.0 Å². The van der Waals surface area contributed by atoms with Gasteiger partial charge in [0.15, 0.2) is 0 Å². The lowest BCUT2D eigenvalue weighted by Crippen LogP contribution is -2.58. The predicted octanol–water partition coefficient (Wildman–Crippen LogP) is -3.00. The van der Waals surface area contributed by atoms with Gasteiger partial charge in [-0.1, -0.05) is 0 Å². The Labute approximate surface area is 176 Å². The van der Waals surface area contributed by atoms with Gasteiger partial charge in [0, 0.05) is 5.75 Å². The van der Waals surface area contributed by atoms with Gasteiger partial charge in [-0.25, -0.2) is 4.79 Å². The molecular formula is C15H26N4O8S2. The number of thiol groups is 1. The highest BCUT2D eigenvalue weighted by atomic mass is 32.2. The number of carbonyl (C=O) groups excluding carboxylic acids is 3. The third-order valence-electron chi connectivity index (χ3n) is 3.59. The number of amides is 3. The van der Waals surface area contributed by atoms with Crippen LogP contribution in [0.1, 0.15) is 12.8 Å². The fraction of sp³-hybridized carbons (Fsp3) is 0.667. The smallest absolute Gasteiger partial charge is 0.328 e. The van der Waals surface area contributed by atoms with E-state index >= 15 is 0 Å². The Balaban J connectivity index is 5.34. The predicted molar refractivity (Wildman–Crippen MR) is 108 cm³/mol. The van der Waals surface area contributed by atoms with E-state index in [2.05, 4.69) is 28.6 Å². The van der Waals surface area contributed by atoms with Crippen LogP contribution in [-0.2, 0) is 24.0 Å². The Morgan fingerprint density at radius 2 is 1.48 bits per heavy atom. The zero-order valence-corrected chi connectivity index (χ0v) is 17.4. The summed E-state index contributed by atoms with van der Waals surface area (Å²) in [5.74, 6) is -5.09. The molecule has 166 valence electrons. The summed E-state index contributed by atoms with van der Waals surface area (Å²) in [5.41, 5.74) is 5.50. The second kappa shape index (κ2) is 14.0. The van der Waals surface area contributed by atoms with E-state index in [1.807, 2.05) is 0 Å². The highest BCUT2D eigenvalue weighted by Gasteiger charge is 2.30. The molecule has 0 saturated carbocycles. The summed E-state index contributed by atoms with van der Waals surface area (Å²) in [6.45, 7) is -0.858. The number of aliphatic hydroxyl groups is 1. The van der Waals surface area contributed by atoms with Crippen LogP contribution in [0, 0.1) is 0 Å². The lowest BCUT2D eigenvalue weighted by Gasteiger charge is -2.24. The first-order chi connectivity index (χ1) is 13.6. The van der Waals surface area contributed by atoms with Crippen LogP contribution in [0.25, 0.3) is 0 Å². The summed E-state index contributed by atoms with van der Waals surface area (Å²) >= 11 is 5.21. The molecular weight excluding hydrogens is 428 g/mol. The topological polar surface area (TPSA) is 208 Å². The van der Waals surface area contributed by atoms with Crippen molar-refractivity contribution in [3.63, 3.8) is 0 Å². The van der Waals surface area contributed by atoms with Gasteiger partial charge in [-0.3, -0.25) is 19.2 Å². The lowest BCUT2D eigenvalue weighted by molar-refractivity contribution is -0.144. The van der Waals surface area contributed by atoms with Crippen molar-refractivity contribution in [1.82, 2.24) is 16.0 Å². The molecule has 0 aliphatic heterocycles. The van der Waals surface area contributed by atoms with Crippen LogP contribution >= 0.6 is 24.4 Å². The standard InChI is InChI=1S/C15H26N4O8S2/c1-29-3-2-8(13(24)19-10(5-20)15(26)27)17-14(25)9(4-11(21)22)18-12(23)7(16)6-28/h7-10,20,28H,2-6,16H2,1H3,(H,17,25)(H,18,23)(H,19,24)(H,21,22)(H,26,27). The molecule has 0 saturated heterocycles. The van der Waals surface area contributed by atoms with Crippen molar-refractivity contribution in [1.29, 1.82) is 0 Å². The van der Waals surface area contributed by atoms with Crippen LogP contribution in [0.5, 0.6) is 0 Å². The Hall–Kier alpha value is -2.03. The minimum absolute atomic E-state index is 0.0380. The van der Waals surface area contributed by atoms with Gasteiger partial charge < -0.3 is 37.0 Å². The van der Waals surface area contributed by atoms with Gasteiger partial charge >= 0.3 is 11.9 Å². The summed E-state index contributed by atoms with van der Waals surface area (Å²) in [7, 11) is 0. The van der Waals surface area contributed by atoms with Gasteiger partial charge in [-0.15, -0.1) is 0 Å². The van der Waals surface area contributed by atoms with Gasteiger partial charge in [0.2, 0.25) is 17.7 Å². The summed E-state index contributed by atoms with van der Waals surface area (Å²) < 4.78 is 0. The number of carboxylic acid groups (broad SMARTS) is 2. The largest absolute Gasteiger partial charge is 0.481 e. The van der Waals surface area contributed by atoms with E-state index in [-0.39, 0.29) is 12.2 Å². The van der Waals surface area contributed by atoms with Crippen LogP contribution in [-0.4, -0.2) is 93.5 Å². The Bertz CT molecular complexity index is 607. The third-order valence-corrected chi connectivity index (χ3v) is 4.62. The summed E-state index contributed by atoms with van der Waals surface area (Å²) in [5, 5.41) is 33.5. The van der Waals surface area contributed by atoms with Crippen LogP contribution in [0.2, 0.25) is 0 Å². The van der Waals surface area contributed by atoms with E-state index in [1.165, 1.54) is 11.8 Å². The molecule has 8 N–H and O–H groups in total. The first-order valence-corrected chi connectivity index (χ1v) is 10.4. The fourth-order valence-corrected chi connectivity index (χ4v) is 2.62. The molecule has 0 aromatic carbocycles. The number of thioether (sulfide) groups is 1. The molecule has 4 unspecified atom stereocenters. The first kappa shape index (κ1) is 27.0. The van der Waals surface area contributed by atoms with E-state index in [9.17, 15) is 24.0 Å². The molecule has 0 fully saturated rings. The minimum Gasteiger partial charge on any atom is -0.481 e. The Kier molecular flexibility index (Phi) is 13.0. The van der Waals surface area contributed by atoms with E-state index in [4.69, 9.17) is 21.1 Å². The molecule has 12 nitrogen and oxygen atoms in total. The van der Waals surface area contributed by atoms with Gasteiger partial charge in [0.25, 0.3) is 0 Å². The van der Waals surface area contributed by atoms with Crippen molar-refractivity contribution in [2.24, 2.45) is 5.73 Å². The SMILES string of the molecule is CSCCC(NC(=O)C(CC(=O)O)NC(=O)C(N)CS)C(=O)NC(CO)C(=O)O. The molecule has 29 heavy (non-hydrogen) atoms. The average molecular weight is 455 g/mol. The maximum absolute atomic E-state index is 12.5. The van der Waals surface area contributed by atoms with Crippen molar-refractivity contribution in [3.8, 4) is 0 Å². The number of aliphatic hydroxyl groups excluding tert-OH is 1. The molecule has 0 aliphatic rings. The molecule has 0 aromatic rings. The number of nitrogens with one attached hydrogen (secondary N) is 3. The number of carboxylic acids is 2. The van der Waals surface area contributed by atoms with E-state index in [0.29, 0.717) is 5.75 Å². The van der Waals surface area contributed by atoms with Crippen LogP contribution < -0.4 is 21.7 Å². The van der Waals surface area contributed by atoms with Crippen LogP contribution in [0.3, 0.4) is 0 Å². The Morgan fingerprint density at radius 1 is 0.966 bits per heavy atom. The number of rotatable bonds is 14. The van der Waals surface area contributed by atoms with Gasteiger partial charge in [0.05, 0.1) is 19.1 Å². The third kappa shape index (κ3) is 10.3. The highest BCUT2D eigenvalue weighted by Crippen LogP contribution is 2.04.